The Balaban J connectivity index is 1.50. The standard InChI is InChI=1S/C16H17BrClN5O/c17-12-2-3-14(13(18)10-12)21-15(24)11-22-6-8-23(9-7-22)16-19-4-1-5-20-16/h1-5,10H,6-9,11H2,(H,21,24). The van der Waals surface area contributed by atoms with Crippen LogP contribution in [-0.2, 0) is 4.79 Å². The minimum Gasteiger partial charge on any atom is -0.338 e. The first-order valence-corrected chi connectivity index (χ1v) is 8.78. The van der Waals surface area contributed by atoms with Crippen LogP contribution in [-0.4, -0.2) is 53.5 Å². The molecule has 8 heteroatoms. The number of halogens is 2. The van der Waals surface area contributed by atoms with Gasteiger partial charge in [-0.1, -0.05) is 27.5 Å². The zero-order valence-electron chi connectivity index (χ0n) is 13.0. The van der Waals surface area contributed by atoms with Crippen molar-refractivity contribution in [3.05, 3.63) is 46.2 Å². The fourth-order valence-corrected chi connectivity index (χ4v) is 3.26. The van der Waals surface area contributed by atoms with E-state index in [-0.39, 0.29) is 5.91 Å². The maximum Gasteiger partial charge on any atom is 0.238 e. The normalized spacial score (nSPS) is 15.3. The number of anilines is 2. The van der Waals surface area contributed by atoms with Gasteiger partial charge in [0.15, 0.2) is 0 Å². The number of aromatic nitrogens is 2. The van der Waals surface area contributed by atoms with Crippen molar-refractivity contribution in [1.82, 2.24) is 14.9 Å². The van der Waals surface area contributed by atoms with Crippen LogP contribution >= 0.6 is 27.5 Å². The lowest BCUT2D eigenvalue weighted by Gasteiger charge is -2.34. The number of nitrogens with zero attached hydrogens (tertiary/aromatic N) is 4. The quantitative estimate of drug-likeness (QED) is 0.840. The number of carbonyl (C=O) groups is 1. The molecule has 0 aliphatic carbocycles. The zero-order valence-corrected chi connectivity index (χ0v) is 15.3. The van der Waals surface area contributed by atoms with E-state index in [4.69, 9.17) is 11.6 Å². The summed E-state index contributed by atoms with van der Waals surface area (Å²) in [6.45, 7) is 3.53. The first kappa shape index (κ1) is 17.1. The topological polar surface area (TPSA) is 61.4 Å². The Kier molecular flexibility index (Phi) is 5.65. The van der Waals surface area contributed by atoms with Gasteiger partial charge in [0.2, 0.25) is 11.9 Å². The summed E-state index contributed by atoms with van der Waals surface area (Å²) in [6, 6.07) is 7.20. The molecule has 126 valence electrons. The van der Waals surface area contributed by atoms with Gasteiger partial charge in [-0.3, -0.25) is 9.69 Å². The molecule has 1 fully saturated rings. The number of benzene rings is 1. The van der Waals surface area contributed by atoms with Gasteiger partial charge in [0.05, 0.1) is 17.3 Å². The van der Waals surface area contributed by atoms with Crippen molar-refractivity contribution in [2.24, 2.45) is 0 Å². The van der Waals surface area contributed by atoms with E-state index in [9.17, 15) is 4.79 Å². The van der Waals surface area contributed by atoms with Crippen LogP contribution in [0.15, 0.2) is 41.1 Å². The summed E-state index contributed by atoms with van der Waals surface area (Å²) in [5.41, 5.74) is 0.626. The molecule has 0 saturated carbocycles. The molecule has 0 radical (unpaired) electrons. The van der Waals surface area contributed by atoms with E-state index < -0.39 is 0 Å². The highest BCUT2D eigenvalue weighted by atomic mass is 79.9. The number of rotatable bonds is 4. The molecule has 1 N–H and O–H groups in total. The van der Waals surface area contributed by atoms with E-state index in [1.54, 1.807) is 30.6 Å². The number of nitrogens with one attached hydrogen (secondary N) is 1. The first-order chi connectivity index (χ1) is 11.6. The molecule has 1 aromatic heterocycles. The van der Waals surface area contributed by atoms with Crippen LogP contribution in [0.1, 0.15) is 0 Å². The van der Waals surface area contributed by atoms with Crippen molar-refractivity contribution >= 4 is 45.1 Å². The van der Waals surface area contributed by atoms with Crippen molar-refractivity contribution in [2.45, 2.75) is 0 Å². The van der Waals surface area contributed by atoms with Crippen molar-refractivity contribution in [3.8, 4) is 0 Å². The average molecular weight is 411 g/mol. The van der Waals surface area contributed by atoms with E-state index in [1.807, 2.05) is 6.07 Å². The second-order valence-corrected chi connectivity index (χ2v) is 6.81. The Hall–Kier alpha value is -1.70. The summed E-state index contributed by atoms with van der Waals surface area (Å²) in [4.78, 5) is 25.0. The highest BCUT2D eigenvalue weighted by molar-refractivity contribution is 9.10. The van der Waals surface area contributed by atoms with Crippen molar-refractivity contribution in [3.63, 3.8) is 0 Å². The van der Waals surface area contributed by atoms with Gasteiger partial charge < -0.3 is 10.2 Å². The largest absolute Gasteiger partial charge is 0.338 e. The lowest BCUT2D eigenvalue weighted by Crippen LogP contribution is -2.49. The number of hydrogen-bond donors (Lipinski definition) is 1. The molecule has 1 amide bonds. The molecule has 1 aromatic carbocycles. The third-order valence-corrected chi connectivity index (χ3v) is 4.59. The lowest BCUT2D eigenvalue weighted by atomic mass is 10.3. The minimum absolute atomic E-state index is 0.0661. The molecule has 1 aliphatic rings. The van der Waals surface area contributed by atoms with Crippen molar-refractivity contribution in [2.75, 3.05) is 42.9 Å². The number of amides is 1. The molecule has 3 rings (SSSR count). The number of piperazine rings is 1. The maximum atomic E-state index is 12.2. The Morgan fingerprint density at radius 3 is 2.58 bits per heavy atom. The predicted octanol–water partition coefficient (Wildman–Crippen LogP) is 2.65. The summed E-state index contributed by atoms with van der Waals surface area (Å²) in [6.07, 6.45) is 3.48. The van der Waals surface area contributed by atoms with Gasteiger partial charge in [-0.2, -0.15) is 0 Å². The SMILES string of the molecule is O=C(CN1CCN(c2ncccn2)CC1)Nc1ccc(Br)cc1Cl. The van der Waals surface area contributed by atoms with Gasteiger partial charge in [-0.15, -0.1) is 0 Å². The second-order valence-electron chi connectivity index (χ2n) is 5.48. The van der Waals surface area contributed by atoms with E-state index >= 15 is 0 Å². The van der Waals surface area contributed by atoms with Crippen molar-refractivity contribution in [1.29, 1.82) is 0 Å². The maximum absolute atomic E-state index is 12.2. The van der Waals surface area contributed by atoms with E-state index in [0.29, 0.717) is 17.3 Å². The smallest absolute Gasteiger partial charge is 0.238 e. The van der Waals surface area contributed by atoms with Crippen LogP contribution in [0.5, 0.6) is 0 Å². The number of hydrogen-bond acceptors (Lipinski definition) is 5. The molecule has 2 heterocycles. The van der Waals surface area contributed by atoms with Crippen LogP contribution in [0.25, 0.3) is 0 Å². The molecule has 1 aliphatic heterocycles. The highest BCUT2D eigenvalue weighted by Gasteiger charge is 2.20. The monoisotopic (exact) mass is 409 g/mol. The summed E-state index contributed by atoms with van der Waals surface area (Å²) in [5, 5.41) is 3.37. The van der Waals surface area contributed by atoms with Gasteiger partial charge in [0, 0.05) is 43.0 Å². The van der Waals surface area contributed by atoms with E-state index in [1.165, 1.54) is 0 Å². The number of carbonyl (C=O) groups excluding carboxylic acids is 1. The molecular weight excluding hydrogens is 394 g/mol. The highest BCUT2D eigenvalue weighted by Crippen LogP contribution is 2.25. The Bertz CT molecular complexity index is 707. The van der Waals surface area contributed by atoms with Gasteiger partial charge >= 0.3 is 0 Å². The third kappa shape index (κ3) is 4.43. The fraction of sp³-hybridized carbons (Fsp3) is 0.312. The third-order valence-electron chi connectivity index (χ3n) is 3.78. The van der Waals surface area contributed by atoms with Crippen LogP contribution in [0.2, 0.25) is 5.02 Å². The van der Waals surface area contributed by atoms with Crippen LogP contribution in [0.4, 0.5) is 11.6 Å². The van der Waals surface area contributed by atoms with Gasteiger partial charge in [-0.25, -0.2) is 9.97 Å². The van der Waals surface area contributed by atoms with Gasteiger partial charge in [-0.05, 0) is 24.3 Å². The fourth-order valence-electron chi connectivity index (χ4n) is 2.54. The Morgan fingerprint density at radius 1 is 1.21 bits per heavy atom. The molecule has 1 saturated heterocycles. The molecule has 0 atom stereocenters. The summed E-state index contributed by atoms with van der Waals surface area (Å²) >= 11 is 9.47. The van der Waals surface area contributed by atoms with E-state index in [2.05, 4.69) is 41.0 Å². The Labute approximate surface area is 154 Å². The average Bonchev–Trinajstić information content (AvgIpc) is 2.59. The molecule has 0 bridgehead atoms. The molecule has 24 heavy (non-hydrogen) atoms. The first-order valence-electron chi connectivity index (χ1n) is 7.61. The summed E-state index contributed by atoms with van der Waals surface area (Å²) < 4.78 is 0.879. The Morgan fingerprint density at radius 2 is 1.92 bits per heavy atom. The molecule has 0 spiro atoms. The zero-order chi connectivity index (χ0) is 16.9. The van der Waals surface area contributed by atoms with Crippen LogP contribution in [0.3, 0.4) is 0 Å². The summed E-state index contributed by atoms with van der Waals surface area (Å²) in [5.74, 6) is 0.673. The van der Waals surface area contributed by atoms with Gasteiger partial charge in [0.1, 0.15) is 0 Å². The minimum atomic E-state index is -0.0661. The predicted molar refractivity (Wildman–Crippen MR) is 98.5 cm³/mol. The van der Waals surface area contributed by atoms with Crippen LogP contribution in [0, 0.1) is 0 Å². The lowest BCUT2D eigenvalue weighted by molar-refractivity contribution is -0.117. The van der Waals surface area contributed by atoms with Crippen LogP contribution < -0.4 is 10.2 Å². The molecular formula is C16H17BrClN5O. The van der Waals surface area contributed by atoms with E-state index in [0.717, 1.165) is 36.6 Å². The van der Waals surface area contributed by atoms with Gasteiger partial charge in [0.25, 0.3) is 0 Å². The molecule has 2 aromatic rings. The van der Waals surface area contributed by atoms with Crippen molar-refractivity contribution < 1.29 is 4.79 Å². The summed E-state index contributed by atoms with van der Waals surface area (Å²) in [7, 11) is 0. The second kappa shape index (κ2) is 7.92. The molecule has 6 nitrogen and oxygen atoms in total. The molecule has 0 unspecified atom stereocenters.